The molecule has 0 spiro atoms. The van der Waals surface area contributed by atoms with Crippen LogP contribution in [0, 0.1) is 0 Å². The minimum absolute atomic E-state index is 0.447. The van der Waals surface area contributed by atoms with Gasteiger partial charge in [-0.05, 0) is 6.42 Å². The lowest BCUT2D eigenvalue weighted by molar-refractivity contribution is -0.119. The van der Waals surface area contributed by atoms with Gasteiger partial charge >= 0.3 is 0 Å². The van der Waals surface area contributed by atoms with Crippen molar-refractivity contribution in [2.24, 2.45) is 11.5 Å². The van der Waals surface area contributed by atoms with Crippen LogP contribution in [0.5, 0.6) is 0 Å². The molecule has 1 atom stereocenters. The molecule has 0 radical (unpaired) electrons. The Kier molecular flexibility index (Phi) is 5.03. The lowest BCUT2D eigenvalue weighted by Gasteiger charge is -2.03. The largest absolute Gasteiger partial charge is 0.368 e. The van der Waals surface area contributed by atoms with Crippen LogP contribution >= 0.6 is 22.5 Å². The predicted octanol–water partition coefficient (Wildman–Crippen LogP) is -0.233. The smallest absolute Gasteiger partial charge is 0.234 e. The molecule has 54 valence electrons. The summed E-state index contributed by atoms with van der Waals surface area (Å²) in [6.07, 6.45) is 0.601. The molecule has 0 aromatic rings. The molecule has 0 aliphatic rings. The Morgan fingerprint density at radius 2 is 2.33 bits per heavy atom. The number of carbonyl (C=O) groups excluding carboxylic acids is 1. The molecule has 4 N–H and O–H groups in total. The molecule has 0 aliphatic heterocycles. The average molecular weight is 166 g/mol. The van der Waals surface area contributed by atoms with Crippen LogP contribution in [0.25, 0.3) is 0 Å². The molecule has 0 aromatic heterocycles. The van der Waals surface area contributed by atoms with E-state index in [1.54, 1.807) is 0 Å². The zero-order valence-electron chi connectivity index (χ0n) is 4.91. The van der Waals surface area contributed by atoms with Gasteiger partial charge in [-0.15, -0.1) is 11.7 Å². The number of thiol groups is 1. The molecule has 0 saturated carbocycles. The lowest BCUT2D eigenvalue weighted by atomic mass is 10.2. The second-order valence-electron chi connectivity index (χ2n) is 1.63. The Bertz CT molecular complexity index is 98.6. The molecule has 0 aromatic carbocycles. The van der Waals surface area contributed by atoms with E-state index in [2.05, 4.69) is 11.7 Å². The van der Waals surface area contributed by atoms with Crippen molar-refractivity contribution < 1.29 is 4.79 Å². The van der Waals surface area contributed by atoms with Crippen molar-refractivity contribution in [3.8, 4) is 0 Å². The first-order chi connectivity index (χ1) is 4.18. The Morgan fingerprint density at radius 1 is 1.78 bits per heavy atom. The standard InChI is InChI=1S/C4H10N2OS2/c5-3(4(6)7)1-2-9-8/h3,8H,1-2,5H2,(H2,6,7)/t3-/m0/s1. The molecule has 1 amide bonds. The minimum Gasteiger partial charge on any atom is -0.368 e. The monoisotopic (exact) mass is 166 g/mol. The summed E-state index contributed by atoms with van der Waals surface area (Å²) >= 11 is 3.87. The Labute approximate surface area is 63.4 Å². The van der Waals surface area contributed by atoms with Crippen molar-refractivity contribution in [2.75, 3.05) is 5.75 Å². The van der Waals surface area contributed by atoms with Gasteiger partial charge in [-0.25, -0.2) is 0 Å². The molecule has 0 rings (SSSR count). The maximum atomic E-state index is 10.3. The van der Waals surface area contributed by atoms with Crippen LogP contribution in [0.1, 0.15) is 6.42 Å². The quantitative estimate of drug-likeness (QED) is 0.399. The van der Waals surface area contributed by atoms with Gasteiger partial charge in [0.15, 0.2) is 0 Å². The van der Waals surface area contributed by atoms with E-state index in [0.717, 1.165) is 5.75 Å². The van der Waals surface area contributed by atoms with Gasteiger partial charge in [0.05, 0.1) is 6.04 Å². The van der Waals surface area contributed by atoms with Crippen LogP contribution < -0.4 is 11.5 Å². The van der Waals surface area contributed by atoms with Crippen molar-refractivity contribution >= 4 is 28.4 Å². The molecule has 0 aliphatic carbocycles. The first-order valence-corrected chi connectivity index (χ1v) is 4.53. The first kappa shape index (κ1) is 9.13. The molecular formula is C4H10N2OS2. The van der Waals surface area contributed by atoms with Crippen molar-refractivity contribution in [1.29, 1.82) is 0 Å². The van der Waals surface area contributed by atoms with E-state index in [0.29, 0.717) is 6.42 Å². The topological polar surface area (TPSA) is 69.1 Å². The van der Waals surface area contributed by atoms with Crippen molar-refractivity contribution in [2.45, 2.75) is 12.5 Å². The first-order valence-electron chi connectivity index (χ1n) is 2.49. The zero-order valence-corrected chi connectivity index (χ0v) is 6.62. The van der Waals surface area contributed by atoms with Crippen LogP contribution in [0.4, 0.5) is 0 Å². The summed E-state index contributed by atoms with van der Waals surface area (Å²) in [6.45, 7) is 0. The summed E-state index contributed by atoms with van der Waals surface area (Å²) in [6, 6.07) is -0.510. The highest BCUT2D eigenvalue weighted by Crippen LogP contribution is 2.06. The third kappa shape index (κ3) is 4.62. The summed E-state index contributed by atoms with van der Waals surface area (Å²) in [7, 11) is 1.35. The van der Waals surface area contributed by atoms with Gasteiger partial charge in [0.25, 0.3) is 0 Å². The summed E-state index contributed by atoms with van der Waals surface area (Å²) in [4.78, 5) is 10.3. The third-order valence-electron chi connectivity index (χ3n) is 0.886. The van der Waals surface area contributed by atoms with E-state index in [4.69, 9.17) is 11.5 Å². The molecule has 5 heteroatoms. The highest BCUT2D eigenvalue weighted by Gasteiger charge is 2.06. The highest BCUT2D eigenvalue weighted by molar-refractivity contribution is 8.68. The normalized spacial score (nSPS) is 13.1. The summed E-state index contributed by atoms with van der Waals surface area (Å²) in [5.41, 5.74) is 10.2. The zero-order chi connectivity index (χ0) is 7.28. The van der Waals surface area contributed by atoms with Gasteiger partial charge < -0.3 is 11.5 Å². The maximum absolute atomic E-state index is 10.3. The van der Waals surface area contributed by atoms with E-state index < -0.39 is 11.9 Å². The molecule has 3 nitrogen and oxygen atoms in total. The van der Waals surface area contributed by atoms with Gasteiger partial charge in [-0.1, -0.05) is 10.8 Å². The molecule has 0 bridgehead atoms. The van der Waals surface area contributed by atoms with Crippen LogP contribution in [0.15, 0.2) is 0 Å². The van der Waals surface area contributed by atoms with E-state index >= 15 is 0 Å². The van der Waals surface area contributed by atoms with E-state index in [1.165, 1.54) is 10.8 Å². The van der Waals surface area contributed by atoms with Crippen molar-refractivity contribution in [1.82, 2.24) is 0 Å². The number of primary amides is 1. The summed E-state index contributed by atoms with van der Waals surface area (Å²) in [5.74, 6) is 0.310. The average Bonchev–Trinajstić information content (AvgIpc) is 1.82. The molecular weight excluding hydrogens is 156 g/mol. The fraction of sp³-hybridized carbons (Fsp3) is 0.750. The van der Waals surface area contributed by atoms with Gasteiger partial charge in [0.1, 0.15) is 0 Å². The van der Waals surface area contributed by atoms with Crippen LogP contribution in [-0.4, -0.2) is 17.7 Å². The van der Waals surface area contributed by atoms with Gasteiger partial charge in [0, 0.05) is 5.75 Å². The predicted molar refractivity (Wildman–Crippen MR) is 43.2 cm³/mol. The van der Waals surface area contributed by atoms with E-state index in [1.807, 2.05) is 0 Å². The minimum atomic E-state index is -0.510. The second-order valence-corrected chi connectivity index (χ2v) is 3.07. The van der Waals surface area contributed by atoms with Gasteiger partial charge in [-0.2, -0.15) is 0 Å². The van der Waals surface area contributed by atoms with E-state index in [9.17, 15) is 4.79 Å². The molecule has 9 heavy (non-hydrogen) atoms. The van der Waals surface area contributed by atoms with Crippen LogP contribution in [0.2, 0.25) is 0 Å². The Hall–Kier alpha value is 0.130. The molecule has 0 saturated heterocycles. The van der Waals surface area contributed by atoms with Crippen molar-refractivity contribution in [3.63, 3.8) is 0 Å². The molecule has 0 fully saturated rings. The van der Waals surface area contributed by atoms with Crippen LogP contribution in [0.3, 0.4) is 0 Å². The third-order valence-corrected chi connectivity index (χ3v) is 1.85. The fourth-order valence-electron chi connectivity index (χ4n) is 0.322. The molecule has 0 heterocycles. The molecule has 0 unspecified atom stereocenters. The highest BCUT2D eigenvalue weighted by atomic mass is 33.1. The lowest BCUT2D eigenvalue weighted by Crippen LogP contribution is -2.36. The number of amides is 1. The van der Waals surface area contributed by atoms with Crippen molar-refractivity contribution in [3.05, 3.63) is 0 Å². The van der Waals surface area contributed by atoms with Gasteiger partial charge in [0.2, 0.25) is 5.91 Å². The summed E-state index contributed by atoms with van der Waals surface area (Å²) < 4.78 is 0. The Balaban J connectivity index is 3.27. The number of hydrogen-bond acceptors (Lipinski definition) is 4. The SMILES string of the molecule is NC(=O)[C@@H](N)CCSS. The number of carbonyl (C=O) groups is 1. The second kappa shape index (κ2) is 4.96. The number of rotatable bonds is 4. The maximum Gasteiger partial charge on any atom is 0.234 e. The summed E-state index contributed by atoms with van der Waals surface area (Å²) in [5, 5.41) is 0. The Morgan fingerprint density at radius 3 is 2.67 bits per heavy atom. The number of nitrogens with two attached hydrogens (primary N) is 2. The van der Waals surface area contributed by atoms with Gasteiger partial charge in [-0.3, -0.25) is 4.79 Å². The number of hydrogen-bond donors (Lipinski definition) is 3. The fourth-order valence-corrected chi connectivity index (χ4v) is 0.998. The van der Waals surface area contributed by atoms with Crippen LogP contribution in [-0.2, 0) is 4.79 Å². The van der Waals surface area contributed by atoms with E-state index in [-0.39, 0.29) is 0 Å².